The molecule has 0 saturated heterocycles. The van der Waals surface area contributed by atoms with Gasteiger partial charge in [0, 0.05) is 17.8 Å². The van der Waals surface area contributed by atoms with Crippen LogP contribution in [0.1, 0.15) is 79.5 Å². The molecule has 214 valence electrons. The van der Waals surface area contributed by atoms with E-state index in [4.69, 9.17) is 4.74 Å². The van der Waals surface area contributed by atoms with Crippen molar-refractivity contribution in [3.8, 4) is 0 Å². The van der Waals surface area contributed by atoms with E-state index in [9.17, 15) is 14.4 Å². The molecule has 0 fully saturated rings. The Bertz CT molecular complexity index is 1380. The van der Waals surface area contributed by atoms with Crippen LogP contribution in [0.2, 0.25) is 0 Å². The standard InChI is InChI=1S/C34H39N3O4/c1-4-7-9-13-24-18-20-26(21-19-24)32(38)35-28-17-12-16-27(23-28)30-29(33(39)41-6-3)31(25-14-10-8-11-15-25)37(22-5-2)34(40)36-30/h8,10-12,14-21,23,30H,4-7,9,13,22H2,1-3H3,(H,35,38)(H,36,40). The summed E-state index contributed by atoms with van der Waals surface area (Å²) in [5.74, 6) is -0.721. The summed E-state index contributed by atoms with van der Waals surface area (Å²) in [6.45, 7) is 6.57. The predicted octanol–water partition coefficient (Wildman–Crippen LogP) is 7.12. The number of benzene rings is 3. The fourth-order valence-electron chi connectivity index (χ4n) is 5.08. The van der Waals surface area contributed by atoms with E-state index in [1.54, 1.807) is 30.0 Å². The predicted molar refractivity (Wildman–Crippen MR) is 162 cm³/mol. The number of carbonyl (C=O) groups is 3. The highest BCUT2D eigenvalue weighted by Crippen LogP contribution is 2.37. The van der Waals surface area contributed by atoms with Crippen molar-refractivity contribution in [2.75, 3.05) is 18.5 Å². The molecule has 0 aromatic heterocycles. The van der Waals surface area contributed by atoms with E-state index in [0.29, 0.717) is 41.1 Å². The van der Waals surface area contributed by atoms with Crippen LogP contribution in [0.3, 0.4) is 0 Å². The van der Waals surface area contributed by atoms with Gasteiger partial charge in [0.25, 0.3) is 5.91 Å². The molecule has 1 unspecified atom stereocenters. The molecule has 3 aromatic carbocycles. The van der Waals surface area contributed by atoms with Gasteiger partial charge in [-0.05, 0) is 67.1 Å². The van der Waals surface area contributed by atoms with Crippen molar-refractivity contribution in [1.82, 2.24) is 10.2 Å². The molecule has 1 atom stereocenters. The minimum atomic E-state index is -0.760. The van der Waals surface area contributed by atoms with Crippen LogP contribution >= 0.6 is 0 Å². The molecule has 7 nitrogen and oxygen atoms in total. The average Bonchev–Trinajstić information content (AvgIpc) is 2.99. The van der Waals surface area contributed by atoms with E-state index in [1.165, 1.54) is 18.4 Å². The Morgan fingerprint density at radius 3 is 2.34 bits per heavy atom. The second-order valence-corrected chi connectivity index (χ2v) is 10.1. The second kappa shape index (κ2) is 14.3. The smallest absolute Gasteiger partial charge is 0.338 e. The molecule has 7 heteroatoms. The van der Waals surface area contributed by atoms with Crippen molar-refractivity contribution in [2.45, 2.75) is 58.9 Å². The summed E-state index contributed by atoms with van der Waals surface area (Å²) in [5, 5.41) is 5.98. The zero-order chi connectivity index (χ0) is 29.2. The van der Waals surface area contributed by atoms with Crippen LogP contribution in [-0.4, -0.2) is 36.0 Å². The average molecular weight is 554 g/mol. The van der Waals surface area contributed by atoms with E-state index in [0.717, 1.165) is 18.4 Å². The Balaban J connectivity index is 1.66. The normalized spacial score (nSPS) is 15.0. The molecule has 0 spiro atoms. The van der Waals surface area contributed by atoms with Gasteiger partial charge < -0.3 is 15.4 Å². The van der Waals surface area contributed by atoms with Gasteiger partial charge in [-0.1, -0.05) is 81.3 Å². The lowest BCUT2D eigenvalue weighted by molar-refractivity contribution is -0.138. The first kappa shape index (κ1) is 29.6. The van der Waals surface area contributed by atoms with Crippen LogP contribution in [0.25, 0.3) is 5.70 Å². The van der Waals surface area contributed by atoms with Crippen LogP contribution in [0, 0.1) is 0 Å². The van der Waals surface area contributed by atoms with Gasteiger partial charge in [-0.2, -0.15) is 0 Å². The van der Waals surface area contributed by atoms with Gasteiger partial charge in [-0.25, -0.2) is 9.59 Å². The molecule has 4 rings (SSSR count). The molecule has 0 radical (unpaired) electrons. The third kappa shape index (κ3) is 7.23. The van der Waals surface area contributed by atoms with Crippen molar-refractivity contribution in [3.63, 3.8) is 0 Å². The Morgan fingerprint density at radius 2 is 1.66 bits per heavy atom. The Morgan fingerprint density at radius 1 is 0.902 bits per heavy atom. The Labute approximate surface area is 242 Å². The third-order valence-electron chi connectivity index (χ3n) is 7.08. The number of rotatable bonds is 12. The van der Waals surface area contributed by atoms with Crippen molar-refractivity contribution in [1.29, 1.82) is 0 Å². The zero-order valence-corrected chi connectivity index (χ0v) is 24.1. The van der Waals surface area contributed by atoms with Crippen molar-refractivity contribution < 1.29 is 19.1 Å². The number of ether oxygens (including phenoxy) is 1. The van der Waals surface area contributed by atoms with Gasteiger partial charge in [-0.15, -0.1) is 0 Å². The van der Waals surface area contributed by atoms with Gasteiger partial charge in [0.15, 0.2) is 0 Å². The third-order valence-corrected chi connectivity index (χ3v) is 7.08. The lowest BCUT2D eigenvalue weighted by atomic mass is 9.91. The van der Waals surface area contributed by atoms with Crippen molar-refractivity contribution in [3.05, 3.63) is 107 Å². The summed E-state index contributed by atoms with van der Waals surface area (Å²) in [4.78, 5) is 41.5. The molecule has 0 saturated carbocycles. The zero-order valence-electron chi connectivity index (χ0n) is 24.1. The summed E-state index contributed by atoms with van der Waals surface area (Å²) in [6.07, 6.45) is 5.22. The van der Waals surface area contributed by atoms with Crippen molar-refractivity contribution >= 4 is 29.3 Å². The number of hydrogen-bond acceptors (Lipinski definition) is 4. The van der Waals surface area contributed by atoms with Crippen LogP contribution < -0.4 is 10.6 Å². The summed E-state index contributed by atoms with van der Waals surface area (Å²) < 4.78 is 5.50. The number of nitrogens with one attached hydrogen (secondary N) is 2. The maximum atomic E-state index is 13.5. The van der Waals surface area contributed by atoms with Gasteiger partial charge in [-0.3, -0.25) is 9.69 Å². The van der Waals surface area contributed by atoms with E-state index < -0.39 is 12.0 Å². The first-order valence-corrected chi connectivity index (χ1v) is 14.5. The summed E-state index contributed by atoms with van der Waals surface area (Å²) in [6, 6.07) is 23.3. The highest BCUT2D eigenvalue weighted by Gasteiger charge is 2.38. The van der Waals surface area contributed by atoms with Crippen LogP contribution in [0.15, 0.2) is 84.4 Å². The highest BCUT2D eigenvalue weighted by atomic mass is 16.5. The first-order chi connectivity index (χ1) is 20.0. The van der Waals surface area contributed by atoms with Crippen LogP contribution in [0.4, 0.5) is 10.5 Å². The maximum Gasteiger partial charge on any atom is 0.338 e. The number of esters is 1. The van der Waals surface area contributed by atoms with Gasteiger partial charge >= 0.3 is 12.0 Å². The van der Waals surface area contributed by atoms with Crippen LogP contribution in [-0.2, 0) is 16.0 Å². The lowest BCUT2D eigenvalue weighted by Crippen LogP contribution is -2.48. The summed E-state index contributed by atoms with van der Waals surface area (Å²) in [5.41, 5.74) is 4.65. The number of anilines is 1. The summed E-state index contributed by atoms with van der Waals surface area (Å²) in [7, 11) is 0. The Kier molecular flexibility index (Phi) is 10.3. The molecule has 41 heavy (non-hydrogen) atoms. The topological polar surface area (TPSA) is 87.7 Å². The number of nitrogens with zero attached hydrogens (tertiary/aromatic N) is 1. The minimum absolute atomic E-state index is 0.201. The molecule has 2 N–H and O–H groups in total. The van der Waals surface area contributed by atoms with Gasteiger partial charge in [0.2, 0.25) is 0 Å². The van der Waals surface area contributed by atoms with E-state index in [-0.39, 0.29) is 18.5 Å². The quantitative estimate of drug-likeness (QED) is 0.185. The fraction of sp³-hybridized carbons (Fsp3) is 0.324. The minimum Gasteiger partial charge on any atom is -0.463 e. The number of aryl methyl sites for hydroxylation is 1. The SMILES string of the molecule is CCCCCc1ccc(C(=O)Nc2cccc(C3NC(=O)N(CCC)C(c4ccccc4)=C3C(=O)OCC)c2)cc1. The molecule has 0 aliphatic carbocycles. The molecule has 1 aliphatic heterocycles. The fourth-order valence-corrected chi connectivity index (χ4v) is 5.08. The number of unbranched alkanes of at least 4 members (excludes halogenated alkanes) is 2. The first-order valence-electron chi connectivity index (χ1n) is 14.5. The monoisotopic (exact) mass is 553 g/mol. The maximum absolute atomic E-state index is 13.5. The Hall–Kier alpha value is -4.39. The molecule has 3 amide bonds. The molecule has 1 heterocycles. The molecular weight excluding hydrogens is 514 g/mol. The van der Waals surface area contributed by atoms with Gasteiger partial charge in [0.05, 0.1) is 23.9 Å². The number of urea groups is 1. The molecule has 3 aromatic rings. The largest absolute Gasteiger partial charge is 0.463 e. The second-order valence-electron chi connectivity index (χ2n) is 10.1. The molecule has 1 aliphatic rings. The van der Waals surface area contributed by atoms with Crippen LogP contribution in [0.5, 0.6) is 0 Å². The lowest BCUT2D eigenvalue weighted by Gasteiger charge is -2.37. The van der Waals surface area contributed by atoms with Gasteiger partial charge in [0.1, 0.15) is 0 Å². The molecule has 0 bridgehead atoms. The number of carbonyl (C=O) groups excluding carboxylic acids is 3. The van der Waals surface area contributed by atoms with Crippen molar-refractivity contribution in [2.24, 2.45) is 0 Å². The molecular formula is C34H39N3O4. The van der Waals surface area contributed by atoms with E-state index >= 15 is 0 Å². The number of amides is 3. The van der Waals surface area contributed by atoms with E-state index in [2.05, 4.69) is 17.6 Å². The highest BCUT2D eigenvalue weighted by molar-refractivity contribution is 6.05. The number of hydrogen-bond donors (Lipinski definition) is 2. The summed E-state index contributed by atoms with van der Waals surface area (Å²) >= 11 is 0. The van der Waals surface area contributed by atoms with E-state index in [1.807, 2.05) is 67.6 Å².